The first-order valence-corrected chi connectivity index (χ1v) is 10.9. The zero-order chi connectivity index (χ0) is 26.1. The molecule has 0 saturated heterocycles. The Morgan fingerprint density at radius 1 is 0.794 bits per heavy atom. The number of isocyanates is 2. The maximum atomic E-state index is 13.2. The van der Waals surface area contributed by atoms with Crippen molar-refractivity contribution in [3.63, 3.8) is 0 Å². The molecule has 0 amide bonds. The van der Waals surface area contributed by atoms with Gasteiger partial charge in [-0.1, -0.05) is 55.1 Å². The van der Waals surface area contributed by atoms with Gasteiger partial charge in [0.15, 0.2) is 15.4 Å². The summed E-state index contributed by atoms with van der Waals surface area (Å²) in [6.45, 7) is 0. The van der Waals surface area contributed by atoms with E-state index in [0.717, 1.165) is 36.4 Å². The molecule has 0 aliphatic rings. The molecule has 0 atom stereocenters. The van der Waals surface area contributed by atoms with E-state index in [1.807, 2.05) is 0 Å². The second kappa shape index (κ2) is 13.1. The molecule has 0 heterocycles. The topological polar surface area (TPSA) is 77.3 Å². The highest BCUT2D eigenvalue weighted by Crippen LogP contribution is 2.34. The van der Waals surface area contributed by atoms with Crippen molar-refractivity contribution in [3.05, 3.63) is 48.0 Å². The van der Waals surface area contributed by atoms with Crippen molar-refractivity contribution in [2.75, 3.05) is 0 Å². The zero-order valence-corrected chi connectivity index (χ0v) is 20.6. The summed E-state index contributed by atoms with van der Waals surface area (Å²) < 4.78 is 85.3. The first kappa shape index (κ1) is 30.0. The number of carbonyl (C=O) groups excluding carboxylic acids is 2. The Bertz CT molecular complexity index is 1010. The van der Waals surface area contributed by atoms with Gasteiger partial charge in [-0.25, -0.2) is 18.4 Å². The molecule has 34 heavy (non-hydrogen) atoms. The number of benzene rings is 2. The molecular formula is C18H8Br2Cl2F6N2O4. The number of hydrogen-bond donors (Lipinski definition) is 0. The number of hydrogen-bond acceptors (Lipinski definition) is 6. The van der Waals surface area contributed by atoms with Crippen LogP contribution in [0.25, 0.3) is 0 Å². The van der Waals surface area contributed by atoms with E-state index in [9.17, 15) is 35.9 Å². The van der Waals surface area contributed by atoms with E-state index in [0.29, 0.717) is 12.1 Å². The number of alkyl halides is 8. The van der Waals surface area contributed by atoms with Gasteiger partial charge < -0.3 is 9.47 Å². The lowest BCUT2D eigenvalue weighted by molar-refractivity contribution is -0.163. The van der Waals surface area contributed by atoms with Gasteiger partial charge in [-0.05, 0) is 24.3 Å². The first-order chi connectivity index (χ1) is 15.7. The Kier molecular flexibility index (Phi) is 11.6. The Labute approximate surface area is 213 Å². The highest BCUT2D eigenvalue weighted by Gasteiger charge is 2.40. The minimum atomic E-state index is -3.86. The van der Waals surface area contributed by atoms with Crippen LogP contribution in [-0.2, 0) is 9.59 Å². The second-order valence-electron chi connectivity index (χ2n) is 5.56. The largest absolute Gasteiger partial charge is 0.431 e. The summed E-state index contributed by atoms with van der Waals surface area (Å²) >= 11 is 15.1. The van der Waals surface area contributed by atoms with Gasteiger partial charge >= 0.3 is 12.2 Å². The minimum Gasteiger partial charge on any atom is -0.431 e. The summed E-state index contributed by atoms with van der Waals surface area (Å²) in [7, 11) is 0. The molecule has 16 heteroatoms. The van der Waals surface area contributed by atoms with Crippen molar-refractivity contribution in [1.82, 2.24) is 0 Å². The van der Waals surface area contributed by atoms with Gasteiger partial charge in [0.25, 0.3) is 0 Å². The SMILES string of the molecule is O=C=Nc1ccc(OC(F)(F)C(Br)Br)cc1F.O=C=Nc1ccc(OC(F)(F)C(Cl)Cl)cc1F. The van der Waals surface area contributed by atoms with Crippen molar-refractivity contribution in [1.29, 1.82) is 0 Å². The van der Waals surface area contributed by atoms with Crippen molar-refractivity contribution in [3.8, 4) is 11.5 Å². The lowest BCUT2D eigenvalue weighted by atomic mass is 10.3. The fraction of sp³-hybridized carbons (Fsp3) is 0.222. The van der Waals surface area contributed by atoms with Gasteiger partial charge in [0.05, 0.1) is 0 Å². The van der Waals surface area contributed by atoms with Crippen molar-refractivity contribution in [2.24, 2.45) is 9.98 Å². The Morgan fingerprint density at radius 2 is 1.18 bits per heavy atom. The Morgan fingerprint density at radius 3 is 1.47 bits per heavy atom. The van der Waals surface area contributed by atoms with E-state index in [1.165, 1.54) is 0 Å². The molecule has 0 N–H and O–H groups in total. The van der Waals surface area contributed by atoms with Crippen LogP contribution in [0.15, 0.2) is 46.4 Å². The molecular weight excluding hydrogens is 653 g/mol. The van der Waals surface area contributed by atoms with E-state index in [2.05, 4.69) is 51.3 Å². The van der Waals surface area contributed by atoms with E-state index < -0.39 is 38.2 Å². The number of nitrogens with zero attached hydrogens (tertiary/aromatic N) is 2. The molecule has 0 fully saturated rings. The molecule has 0 aromatic heterocycles. The number of rotatable bonds is 8. The third-order valence-corrected chi connectivity index (χ3v) is 4.76. The first-order valence-electron chi connectivity index (χ1n) is 8.18. The highest BCUT2D eigenvalue weighted by molar-refractivity contribution is 9.24. The van der Waals surface area contributed by atoms with Gasteiger partial charge in [0.1, 0.15) is 22.9 Å². The van der Waals surface area contributed by atoms with Gasteiger partial charge in [0, 0.05) is 12.1 Å². The number of halogens is 10. The van der Waals surface area contributed by atoms with E-state index >= 15 is 0 Å². The molecule has 0 aliphatic heterocycles. The minimum absolute atomic E-state index is 0.301. The number of ether oxygens (including phenoxy) is 2. The van der Waals surface area contributed by atoms with Crippen molar-refractivity contribution < 1.29 is 45.4 Å². The molecule has 0 aliphatic carbocycles. The predicted molar refractivity (Wildman–Crippen MR) is 117 cm³/mol. The van der Waals surface area contributed by atoms with Crippen LogP contribution >= 0.6 is 55.1 Å². The molecule has 0 bridgehead atoms. The van der Waals surface area contributed by atoms with Crippen LogP contribution in [-0.4, -0.2) is 32.9 Å². The van der Waals surface area contributed by atoms with Crippen LogP contribution in [0.5, 0.6) is 11.5 Å². The standard InChI is InChI=1S/C9H4Br2F3NO2.C9H4Cl2F3NO2/c2*10-8(11)9(13,14)17-5-1-2-7(15-4-16)6(12)3-5/h2*1-3,8H. The molecule has 2 aromatic carbocycles. The third kappa shape index (κ3) is 9.28. The van der Waals surface area contributed by atoms with Crippen LogP contribution in [0.2, 0.25) is 0 Å². The van der Waals surface area contributed by atoms with Crippen LogP contribution in [0.1, 0.15) is 0 Å². The van der Waals surface area contributed by atoms with Crippen LogP contribution in [0.3, 0.4) is 0 Å². The van der Waals surface area contributed by atoms with Crippen LogP contribution < -0.4 is 9.47 Å². The predicted octanol–water partition coefficient (Wildman–Crippen LogP) is 7.45. The third-order valence-electron chi connectivity index (χ3n) is 3.19. The summed E-state index contributed by atoms with van der Waals surface area (Å²) in [5, 5.41) is 0. The highest BCUT2D eigenvalue weighted by atomic mass is 79.9. The van der Waals surface area contributed by atoms with E-state index in [-0.39, 0.29) is 17.1 Å². The van der Waals surface area contributed by atoms with E-state index in [1.54, 1.807) is 0 Å². The lowest BCUT2D eigenvalue weighted by Gasteiger charge is -2.19. The fourth-order valence-corrected chi connectivity index (χ4v) is 2.06. The maximum absolute atomic E-state index is 13.2. The van der Waals surface area contributed by atoms with Crippen molar-refractivity contribution >= 4 is 78.6 Å². The monoisotopic (exact) mass is 658 g/mol. The summed E-state index contributed by atoms with van der Waals surface area (Å²) in [6.07, 6.45) is -5.15. The molecule has 184 valence electrons. The van der Waals surface area contributed by atoms with Crippen molar-refractivity contribution in [2.45, 2.75) is 20.8 Å². The molecule has 2 rings (SSSR count). The summed E-state index contributed by atoms with van der Waals surface area (Å²) in [6, 6.07) is 5.39. The Hall–Kier alpha value is -2.08. The quantitative estimate of drug-likeness (QED) is 0.128. The van der Waals surface area contributed by atoms with Gasteiger partial charge in [0.2, 0.25) is 17.0 Å². The Balaban J connectivity index is 0.000000340. The molecule has 0 radical (unpaired) electrons. The smallest absolute Gasteiger partial charge is 0.428 e. The second-order valence-corrected chi connectivity index (χ2v) is 9.72. The summed E-state index contributed by atoms with van der Waals surface area (Å²) in [5.74, 6) is -2.85. The molecule has 0 saturated carbocycles. The van der Waals surface area contributed by atoms with Gasteiger partial charge in [-0.3, -0.25) is 0 Å². The maximum Gasteiger partial charge on any atom is 0.428 e. The molecule has 6 nitrogen and oxygen atoms in total. The normalized spacial score (nSPS) is 11.2. The average Bonchev–Trinajstić information content (AvgIpc) is 2.72. The zero-order valence-electron chi connectivity index (χ0n) is 15.9. The summed E-state index contributed by atoms with van der Waals surface area (Å²) in [4.78, 5) is 23.7. The molecule has 2 aromatic rings. The van der Waals surface area contributed by atoms with Crippen LogP contribution in [0.4, 0.5) is 37.7 Å². The average molecular weight is 661 g/mol. The molecule has 0 spiro atoms. The van der Waals surface area contributed by atoms with Crippen LogP contribution in [0, 0.1) is 11.6 Å². The molecule has 0 unspecified atom stereocenters. The van der Waals surface area contributed by atoms with Gasteiger partial charge in [-0.2, -0.15) is 27.5 Å². The fourth-order valence-electron chi connectivity index (χ4n) is 1.79. The van der Waals surface area contributed by atoms with E-state index in [4.69, 9.17) is 23.2 Å². The van der Waals surface area contributed by atoms with Gasteiger partial charge in [-0.15, -0.1) is 0 Å². The number of aliphatic imine (C=N–C) groups is 2. The summed E-state index contributed by atoms with van der Waals surface area (Å²) in [5.41, 5.74) is -0.645. The lowest BCUT2D eigenvalue weighted by Crippen LogP contribution is -2.32.